The maximum atomic E-state index is 12.1. The van der Waals surface area contributed by atoms with Crippen molar-refractivity contribution in [3.05, 3.63) is 30.1 Å². The third kappa shape index (κ3) is 3.77. The van der Waals surface area contributed by atoms with Gasteiger partial charge in [0.2, 0.25) is 5.91 Å². The largest absolute Gasteiger partial charge is 0.480 e. The molecule has 0 radical (unpaired) electrons. The Kier molecular flexibility index (Phi) is 5.03. The van der Waals surface area contributed by atoms with Gasteiger partial charge in [0, 0.05) is 24.9 Å². The normalized spacial score (nSPS) is 11.1. The number of hydrogen-bond donors (Lipinski definition) is 1. The molecular formula is C14H20N2O3. The molecule has 0 aromatic carbocycles. The first kappa shape index (κ1) is 15.1. The lowest BCUT2D eigenvalue weighted by Gasteiger charge is -2.34. The van der Waals surface area contributed by atoms with Gasteiger partial charge in [0.05, 0.1) is 0 Å². The zero-order valence-corrected chi connectivity index (χ0v) is 11.6. The van der Waals surface area contributed by atoms with Crippen LogP contribution in [0.5, 0.6) is 0 Å². The highest BCUT2D eigenvalue weighted by molar-refractivity contribution is 5.86. The molecule has 0 fully saturated rings. The number of pyridine rings is 1. The van der Waals surface area contributed by atoms with Crippen molar-refractivity contribution in [3.8, 4) is 0 Å². The van der Waals surface area contributed by atoms with E-state index in [0.29, 0.717) is 13.0 Å². The molecule has 0 aliphatic heterocycles. The van der Waals surface area contributed by atoms with Crippen molar-refractivity contribution < 1.29 is 14.7 Å². The van der Waals surface area contributed by atoms with E-state index in [1.807, 2.05) is 18.2 Å². The number of aliphatic carboxylic acids is 1. The minimum Gasteiger partial charge on any atom is -0.480 e. The topological polar surface area (TPSA) is 70.5 Å². The third-order valence-electron chi connectivity index (χ3n) is 3.14. The van der Waals surface area contributed by atoms with Crippen molar-refractivity contribution in [2.24, 2.45) is 0 Å². The van der Waals surface area contributed by atoms with Crippen LogP contribution >= 0.6 is 0 Å². The van der Waals surface area contributed by atoms with E-state index in [4.69, 9.17) is 0 Å². The molecule has 0 spiro atoms. The van der Waals surface area contributed by atoms with Gasteiger partial charge in [0.1, 0.15) is 5.54 Å². The van der Waals surface area contributed by atoms with Gasteiger partial charge in [-0.05, 0) is 39.3 Å². The number of carbonyl (C=O) groups is 2. The number of aromatic nitrogens is 1. The smallest absolute Gasteiger partial charge is 0.329 e. The molecule has 0 saturated carbocycles. The quantitative estimate of drug-likeness (QED) is 0.849. The Morgan fingerprint density at radius 2 is 2.05 bits per heavy atom. The number of hydrogen-bond acceptors (Lipinski definition) is 3. The summed E-state index contributed by atoms with van der Waals surface area (Å²) >= 11 is 0. The molecule has 0 bridgehead atoms. The highest BCUT2D eigenvalue weighted by Gasteiger charge is 2.36. The molecule has 19 heavy (non-hydrogen) atoms. The van der Waals surface area contributed by atoms with Gasteiger partial charge in [-0.25, -0.2) is 4.79 Å². The van der Waals surface area contributed by atoms with Crippen LogP contribution in [0.15, 0.2) is 24.4 Å². The van der Waals surface area contributed by atoms with Gasteiger partial charge in [0.25, 0.3) is 0 Å². The number of likely N-dealkylation sites (N-methyl/N-ethyl adjacent to an activating group) is 1. The summed E-state index contributed by atoms with van der Waals surface area (Å²) in [7, 11) is 0. The van der Waals surface area contributed by atoms with Gasteiger partial charge in [-0.2, -0.15) is 0 Å². The van der Waals surface area contributed by atoms with Gasteiger partial charge in [-0.1, -0.05) is 6.07 Å². The number of aryl methyl sites for hydroxylation is 1. The SMILES string of the molecule is CCN(C(=O)CCc1ccccn1)C(C)(C)C(=O)O. The summed E-state index contributed by atoms with van der Waals surface area (Å²) in [6, 6.07) is 5.54. The first-order valence-corrected chi connectivity index (χ1v) is 6.33. The maximum absolute atomic E-state index is 12.1. The van der Waals surface area contributed by atoms with Crippen molar-refractivity contribution >= 4 is 11.9 Å². The summed E-state index contributed by atoms with van der Waals surface area (Å²) < 4.78 is 0. The van der Waals surface area contributed by atoms with Crippen LogP contribution in [0, 0.1) is 0 Å². The number of carboxylic acids is 1. The first-order valence-electron chi connectivity index (χ1n) is 6.33. The lowest BCUT2D eigenvalue weighted by molar-refractivity contribution is -0.156. The van der Waals surface area contributed by atoms with Crippen LogP contribution in [0.4, 0.5) is 0 Å². The summed E-state index contributed by atoms with van der Waals surface area (Å²) in [4.78, 5) is 28.9. The molecule has 5 heteroatoms. The zero-order valence-electron chi connectivity index (χ0n) is 11.6. The number of carbonyl (C=O) groups excluding carboxylic acids is 1. The number of rotatable bonds is 6. The summed E-state index contributed by atoms with van der Waals surface area (Å²) in [5.74, 6) is -1.17. The lowest BCUT2D eigenvalue weighted by Crippen LogP contribution is -2.52. The first-order chi connectivity index (χ1) is 8.89. The minimum absolute atomic E-state index is 0.166. The van der Waals surface area contributed by atoms with Gasteiger partial charge in [0.15, 0.2) is 0 Å². The fourth-order valence-corrected chi connectivity index (χ4v) is 1.91. The van der Waals surface area contributed by atoms with Crippen molar-refractivity contribution in [1.29, 1.82) is 0 Å². The van der Waals surface area contributed by atoms with E-state index >= 15 is 0 Å². The Hall–Kier alpha value is -1.91. The summed E-state index contributed by atoms with van der Waals surface area (Å²) in [5.41, 5.74) is -0.351. The van der Waals surface area contributed by atoms with Crippen molar-refractivity contribution in [3.63, 3.8) is 0 Å². The van der Waals surface area contributed by atoms with Gasteiger partial charge < -0.3 is 10.0 Å². The number of nitrogens with zero attached hydrogens (tertiary/aromatic N) is 2. The fraction of sp³-hybridized carbons (Fsp3) is 0.500. The molecule has 1 amide bonds. The molecule has 0 aliphatic carbocycles. The van der Waals surface area contributed by atoms with Crippen molar-refractivity contribution in [2.75, 3.05) is 6.54 Å². The standard InChI is InChI=1S/C14H20N2O3/c1-4-16(14(2,3)13(18)19)12(17)9-8-11-7-5-6-10-15-11/h5-7,10H,4,8-9H2,1-3H3,(H,18,19). The molecule has 1 aromatic heterocycles. The van der Waals surface area contributed by atoms with E-state index in [2.05, 4.69) is 4.98 Å². The number of carboxylic acid groups (broad SMARTS) is 1. The molecule has 1 N–H and O–H groups in total. The summed E-state index contributed by atoms with van der Waals surface area (Å²) in [6.45, 7) is 5.23. The summed E-state index contributed by atoms with van der Waals surface area (Å²) in [5, 5.41) is 9.17. The van der Waals surface area contributed by atoms with E-state index in [1.165, 1.54) is 18.7 Å². The van der Waals surface area contributed by atoms with E-state index in [9.17, 15) is 14.7 Å². The van der Waals surface area contributed by atoms with Gasteiger partial charge >= 0.3 is 5.97 Å². The van der Waals surface area contributed by atoms with Crippen molar-refractivity contribution in [2.45, 2.75) is 39.2 Å². The van der Waals surface area contributed by atoms with Crippen molar-refractivity contribution in [1.82, 2.24) is 9.88 Å². The summed E-state index contributed by atoms with van der Waals surface area (Å²) in [6.07, 6.45) is 2.46. The Labute approximate surface area is 113 Å². The predicted octanol–water partition coefficient (Wildman–Crippen LogP) is 1.73. The molecule has 1 rings (SSSR count). The maximum Gasteiger partial charge on any atom is 0.329 e. The Morgan fingerprint density at radius 1 is 1.37 bits per heavy atom. The van der Waals surface area contributed by atoms with Crippen LogP contribution in [0.25, 0.3) is 0 Å². The van der Waals surface area contributed by atoms with E-state index in [1.54, 1.807) is 13.1 Å². The predicted molar refractivity (Wildman–Crippen MR) is 71.7 cm³/mol. The minimum atomic E-state index is -1.18. The van der Waals surface area contributed by atoms with Crippen LogP contribution < -0.4 is 0 Å². The fourth-order valence-electron chi connectivity index (χ4n) is 1.91. The molecular weight excluding hydrogens is 244 g/mol. The highest BCUT2D eigenvalue weighted by Crippen LogP contribution is 2.16. The molecule has 0 aliphatic rings. The van der Waals surface area contributed by atoms with E-state index < -0.39 is 11.5 Å². The third-order valence-corrected chi connectivity index (χ3v) is 3.14. The second-order valence-electron chi connectivity index (χ2n) is 4.82. The van der Waals surface area contributed by atoms with Gasteiger partial charge in [-0.3, -0.25) is 9.78 Å². The molecule has 0 saturated heterocycles. The lowest BCUT2D eigenvalue weighted by atomic mass is 10.0. The highest BCUT2D eigenvalue weighted by atomic mass is 16.4. The molecule has 5 nitrogen and oxygen atoms in total. The van der Waals surface area contributed by atoms with Crippen LogP contribution in [0.3, 0.4) is 0 Å². The van der Waals surface area contributed by atoms with Gasteiger partial charge in [-0.15, -0.1) is 0 Å². The molecule has 1 heterocycles. The second-order valence-corrected chi connectivity index (χ2v) is 4.82. The van der Waals surface area contributed by atoms with Crippen LogP contribution in [0.1, 0.15) is 32.9 Å². The van der Waals surface area contributed by atoms with E-state index in [0.717, 1.165) is 5.69 Å². The second kappa shape index (κ2) is 6.31. The van der Waals surface area contributed by atoms with Crippen LogP contribution in [0.2, 0.25) is 0 Å². The Morgan fingerprint density at radius 3 is 2.53 bits per heavy atom. The van der Waals surface area contributed by atoms with E-state index in [-0.39, 0.29) is 12.3 Å². The average molecular weight is 264 g/mol. The molecule has 0 atom stereocenters. The van der Waals surface area contributed by atoms with Crippen LogP contribution in [-0.4, -0.2) is 39.0 Å². The Balaban J connectivity index is 2.68. The monoisotopic (exact) mass is 264 g/mol. The molecule has 104 valence electrons. The molecule has 0 unspecified atom stereocenters. The molecule has 1 aromatic rings. The van der Waals surface area contributed by atoms with Crippen LogP contribution in [-0.2, 0) is 16.0 Å². The number of amides is 1. The zero-order chi connectivity index (χ0) is 14.5. The average Bonchev–Trinajstić information content (AvgIpc) is 2.38. The Bertz CT molecular complexity index is 443.